The van der Waals surface area contributed by atoms with Crippen molar-refractivity contribution in [1.82, 2.24) is 5.32 Å². The van der Waals surface area contributed by atoms with Gasteiger partial charge in [-0.3, -0.25) is 4.79 Å². The first-order chi connectivity index (χ1) is 5.04. The second-order valence-corrected chi connectivity index (χ2v) is 2.94. The van der Waals surface area contributed by atoms with Gasteiger partial charge in [-0.2, -0.15) is 0 Å². The molecule has 0 saturated carbocycles. The topological polar surface area (TPSA) is 55.1 Å². The van der Waals surface area contributed by atoms with Crippen molar-refractivity contribution in [3.8, 4) is 0 Å². The summed E-state index contributed by atoms with van der Waals surface area (Å²) < 4.78 is 0. The van der Waals surface area contributed by atoms with Crippen molar-refractivity contribution in [3.63, 3.8) is 0 Å². The average Bonchev–Trinajstić information content (AvgIpc) is 1.99. The Morgan fingerprint density at radius 1 is 1.64 bits per heavy atom. The summed E-state index contributed by atoms with van der Waals surface area (Å²) in [7, 11) is 1.63. The summed E-state index contributed by atoms with van der Waals surface area (Å²) in [6.07, 6.45) is 3.60. The van der Waals surface area contributed by atoms with E-state index >= 15 is 0 Å². The van der Waals surface area contributed by atoms with Gasteiger partial charge in [-0.1, -0.05) is 12.2 Å². The Bertz CT molecular complexity index is 161. The molecule has 3 N–H and O–H groups in total. The van der Waals surface area contributed by atoms with Gasteiger partial charge in [-0.05, 0) is 13.8 Å². The molecule has 0 aromatic rings. The SMILES string of the molecule is CNC(=O)C(C)(C)C=CCN. The van der Waals surface area contributed by atoms with Crippen LogP contribution in [-0.2, 0) is 4.79 Å². The number of amides is 1. The van der Waals surface area contributed by atoms with Crippen LogP contribution in [0.1, 0.15) is 13.8 Å². The van der Waals surface area contributed by atoms with Crippen LogP contribution in [0, 0.1) is 5.41 Å². The van der Waals surface area contributed by atoms with Crippen molar-refractivity contribution in [3.05, 3.63) is 12.2 Å². The average molecular weight is 156 g/mol. The van der Waals surface area contributed by atoms with Gasteiger partial charge in [-0.15, -0.1) is 0 Å². The molecule has 0 saturated heterocycles. The fraction of sp³-hybridized carbons (Fsp3) is 0.625. The predicted octanol–water partition coefficient (Wildman–Crippen LogP) is 0.273. The van der Waals surface area contributed by atoms with Crippen LogP contribution in [0.4, 0.5) is 0 Å². The molecule has 3 heteroatoms. The molecular formula is C8H16N2O. The maximum Gasteiger partial charge on any atom is 0.229 e. The van der Waals surface area contributed by atoms with Crippen molar-refractivity contribution in [2.24, 2.45) is 11.1 Å². The summed E-state index contributed by atoms with van der Waals surface area (Å²) in [5, 5.41) is 2.58. The summed E-state index contributed by atoms with van der Waals surface area (Å²) in [6.45, 7) is 4.16. The molecule has 0 atom stereocenters. The van der Waals surface area contributed by atoms with Crippen molar-refractivity contribution >= 4 is 5.91 Å². The molecule has 1 amide bonds. The number of carbonyl (C=O) groups excluding carboxylic acids is 1. The first-order valence-electron chi connectivity index (χ1n) is 3.64. The molecule has 0 aliphatic heterocycles. The maximum atomic E-state index is 11.1. The zero-order valence-electron chi connectivity index (χ0n) is 7.35. The highest BCUT2D eigenvalue weighted by molar-refractivity contribution is 5.83. The van der Waals surface area contributed by atoms with Gasteiger partial charge < -0.3 is 11.1 Å². The van der Waals surface area contributed by atoms with Crippen LogP contribution in [0.2, 0.25) is 0 Å². The van der Waals surface area contributed by atoms with Crippen LogP contribution in [-0.4, -0.2) is 19.5 Å². The van der Waals surface area contributed by atoms with Gasteiger partial charge in [0.05, 0.1) is 5.41 Å². The molecule has 0 unspecified atom stereocenters. The molecule has 0 heterocycles. The Kier molecular flexibility index (Phi) is 3.82. The quantitative estimate of drug-likeness (QED) is 0.576. The molecule has 0 aromatic heterocycles. The van der Waals surface area contributed by atoms with E-state index in [0.717, 1.165) is 0 Å². The predicted molar refractivity (Wildman–Crippen MR) is 46.0 cm³/mol. The minimum atomic E-state index is -0.450. The van der Waals surface area contributed by atoms with Gasteiger partial charge in [0.2, 0.25) is 5.91 Å². The standard InChI is InChI=1S/C8H16N2O/c1-8(2,5-4-6-9)7(11)10-3/h4-5H,6,9H2,1-3H3,(H,10,11). The maximum absolute atomic E-state index is 11.1. The lowest BCUT2D eigenvalue weighted by Gasteiger charge is -2.17. The van der Waals surface area contributed by atoms with Crippen LogP contribution in [0.15, 0.2) is 12.2 Å². The normalized spacial score (nSPS) is 12.0. The molecule has 0 bridgehead atoms. The van der Waals surface area contributed by atoms with E-state index < -0.39 is 5.41 Å². The molecule has 0 rings (SSSR count). The Morgan fingerprint density at radius 2 is 2.18 bits per heavy atom. The van der Waals surface area contributed by atoms with Crippen LogP contribution in [0.25, 0.3) is 0 Å². The molecule has 0 spiro atoms. The van der Waals surface area contributed by atoms with Crippen molar-refractivity contribution in [2.75, 3.05) is 13.6 Å². The fourth-order valence-corrected chi connectivity index (χ4v) is 0.761. The third-order valence-corrected chi connectivity index (χ3v) is 1.48. The van der Waals surface area contributed by atoms with Gasteiger partial charge in [0.25, 0.3) is 0 Å². The molecule has 0 fully saturated rings. The van der Waals surface area contributed by atoms with Crippen LogP contribution < -0.4 is 11.1 Å². The zero-order valence-corrected chi connectivity index (χ0v) is 7.35. The molecule has 3 nitrogen and oxygen atoms in total. The Morgan fingerprint density at radius 3 is 2.55 bits per heavy atom. The smallest absolute Gasteiger partial charge is 0.229 e. The van der Waals surface area contributed by atoms with E-state index in [4.69, 9.17) is 5.73 Å². The lowest BCUT2D eigenvalue weighted by atomic mass is 9.92. The highest BCUT2D eigenvalue weighted by atomic mass is 16.2. The van der Waals surface area contributed by atoms with E-state index in [1.54, 1.807) is 13.1 Å². The van der Waals surface area contributed by atoms with Crippen molar-refractivity contribution in [1.29, 1.82) is 0 Å². The van der Waals surface area contributed by atoms with Gasteiger partial charge in [0, 0.05) is 13.6 Å². The molecule has 0 radical (unpaired) electrons. The Balaban J connectivity index is 4.20. The summed E-state index contributed by atoms with van der Waals surface area (Å²) in [6, 6.07) is 0. The number of carbonyl (C=O) groups is 1. The first-order valence-corrected chi connectivity index (χ1v) is 3.64. The third kappa shape index (κ3) is 3.18. The molecule has 64 valence electrons. The van der Waals surface area contributed by atoms with E-state index in [1.807, 2.05) is 19.9 Å². The van der Waals surface area contributed by atoms with E-state index in [1.165, 1.54) is 0 Å². The lowest BCUT2D eigenvalue weighted by molar-refractivity contribution is -0.126. The lowest BCUT2D eigenvalue weighted by Crippen LogP contribution is -2.32. The Hall–Kier alpha value is -0.830. The summed E-state index contributed by atoms with van der Waals surface area (Å²) >= 11 is 0. The van der Waals surface area contributed by atoms with Gasteiger partial charge in [0.15, 0.2) is 0 Å². The second-order valence-electron chi connectivity index (χ2n) is 2.94. The number of hydrogen-bond donors (Lipinski definition) is 2. The summed E-state index contributed by atoms with van der Waals surface area (Å²) in [5.74, 6) is 0.00204. The van der Waals surface area contributed by atoms with Gasteiger partial charge in [-0.25, -0.2) is 0 Å². The van der Waals surface area contributed by atoms with Crippen molar-refractivity contribution in [2.45, 2.75) is 13.8 Å². The van der Waals surface area contributed by atoms with Crippen LogP contribution in [0.5, 0.6) is 0 Å². The molecular weight excluding hydrogens is 140 g/mol. The van der Waals surface area contributed by atoms with Gasteiger partial charge >= 0.3 is 0 Å². The molecule has 11 heavy (non-hydrogen) atoms. The van der Waals surface area contributed by atoms with Crippen molar-refractivity contribution < 1.29 is 4.79 Å². The fourth-order valence-electron chi connectivity index (χ4n) is 0.761. The first kappa shape index (κ1) is 10.2. The molecule has 0 aromatic carbocycles. The summed E-state index contributed by atoms with van der Waals surface area (Å²) in [5.41, 5.74) is 4.81. The van der Waals surface area contributed by atoms with Crippen LogP contribution >= 0.6 is 0 Å². The minimum absolute atomic E-state index is 0.00204. The third-order valence-electron chi connectivity index (χ3n) is 1.48. The number of rotatable bonds is 3. The van der Waals surface area contributed by atoms with Crippen LogP contribution in [0.3, 0.4) is 0 Å². The van der Waals surface area contributed by atoms with E-state index in [-0.39, 0.29) is 5.91 Å². The number of nitrogens with two attached hydrogens (primary N) is 1. The number of nitrogens with one attached hydrogen (secondary N) is 1. The minimum Gasteiger partial charge on any atom is -0.358 e. The largest absolute Gasteiger partial charge is 0.358 e. The number of hydrogen-bond acceptors (Lipinski definition) is 2. The van der Waals surface area contributed by atoms with Gasteiger partial charge in [0.1, 0.15) is 0 Å². The zero-order chi connectivity index (χ0) is 8.91. The van der Waals surface area contributed by atoms with E-state index in [9.17, 15) is 4.79 Å². The highest BCUT2D eigenvalue weighted by Crippen LogP contribution is 2.16. The van der Waals surface area contributed by atoms with E-state index in [2.05, 4.69) is 5.32 Å². The molecule has 0 aliphatic carbocycles. The summed E-state index contributed by atoms with van der Waals surface area (Å²) in [4.78, 5) is 11.1. The van der Waals surface area contributed by atoms with E-state index in [0.29, 0.717) is 6.54 Å². The highest BCUT2D eigenvalue weighted by Gasteiger charge is 2.22. The second kappa shape index (κ2) is 4.13. The monoisotopic (exact) mass is 156 g/mol. The molecule has 0 aliphatic rings. The Labute approximate surface area is 67.7 Å².